The third-order valence-corrected chi connectivity index (χ3v) is 2.39. The van der Waals surface area contributed by atoms with Gasteiger partial charge in [-0.2, -0.15) is 13.7 Å². The predicted octanol–water partition coefficient (Wildman–Crippen LogP) is 1.10. The molecule has 3 N–H and O–H groups in total. The number of nitrogens with zero attached hydrogens (tertiary/aromatic N) is 1. The Labute approximate surface area is 95.3 Å². The number of aryl methyl sites for hydroxylation is 1. The van der Waals surface area contributed by atoms with Crippen LogP contribution in [0.3, 0.4) is 0 Å². The molecular formula is C10H14N2O3S. The zero-order valence-corrected chi connectivity index (χ0v) is 9.90. The topological polar surface area (TPSA) is 104 Å². The molecule has 5 nitrogen and oxygen atoms in total. The molecule has 0 heterocycles. The second-order valence-electron chi connectivity index (χ2n) is 3.21. The van der Waals surface area contributed by atoms with Crippen molar-refractivity contribution in [3.63, 3.8) is 0 Å². The Hall–Kier alpha value is -1.42. The molecule has 0 amide bonds. The fourth-order valence-electron chi connectivity index (χ4n) is 0.710. The number of nitrogens with two attached hydrogens (primary N) is 1. The monoisotopic (exact) mass is 242 g/mol. The van der Waals surface area contributed by atoms with Gasteiger partial charge in [-0.05, 0) is 26.0 Å². The lowest BCUT2D eigenvalue weighted by molar-refractivity contribution is 0.483. The summed E-state index contributed by atoms with van der Waals surface area (Å²) in [5.74, 6) is 0. The highest BCUT2D eigenvalue weighted by atomic mass is 32.2. The molecule has 0 saturated carbocycles. The molecule has 0 bridgehead atoms. The fourth-order valence-corrected chi connectivity index (χ4v) is 1.19. The van der Waals surface area contributed by atoms with Gasteiger partial charge in [0.1, 0.15) is 0 Å². The van der Waals surface area contributed by atoms with Gasteiger partial charge >= 0.3 is 0 Å². The number of hydrogen-bond donors (Lipinski definition) is 2. The highest BCUT2D eigenvalue weighted by molar-refractivity contribution is 7.85. The molecule has 0 spiro atoms. The van der Waals surface area contributed by atoms with E-state index in [-0.39, 0.29) is 10.9 Å². The van der Waals surface area contributed by atoms with Crippen LogP contribution in [0, 0.1) is 18.3 Å². The first-order valence-electron chi connectivity index (χ1n) is 4.46. The Balaban J connectivity index is 0.000000385. The quantitative estimate of drug-likeness (QED) is 0.717. The zero-order valence-electron chi connectivity index (χ0n) is 9.08. The number of nitriles is 1. The van der Waals surface area contributed by atoms with Gasteiger partial charge in [-0.1, -0.05) is 17.7 Å². The molecule has 0 fully saturated rings. The lowest BCUT2D eigenvalue weighted by Crippen LogP contribution is -2.09. The highest BCUT2D eigenvalue weighted by Crippen LogP contribution is 2.08. The molecule has 0 aliphatic heterocycles. The summed E-state index contributed by atoms with van der Waals surface area (Å²) < 4.78 is 29.6. The third-order valence-electron chi connectivity index (χ3n) is 1.52. The molecule has 1 aromatic rings. The average Bonchev–Trinajstić information content (AvgIpc) is 2.18. The van der Waals surface area contributed by atoms with Crippen molar-refractivity contribution in [1.29, 1.82) is 5.26 Å². The summed E-state index contributed by atoms with van der Waals surface area (Å²) in [6.45, 7) is 3.48. The molecule has 0 saturated heterocycles. The van der Waals surface area contributed by atoms with Crippen molar-refractivity contribution in [2.75, 3.05) is 0 Å². The largest absolute Gasteiger partial charge is 0.316 e. The van der Waals surface area contributed by atoms with Gasteiger partial charge in [0.05, 0.1) is 17.0 Å². The molecule has 16 heavy (non-hydrogen) atoms. The van der Waals surface area contributed by atoms with Gasteiger partial charge in [0.15, 0.2) is 0 Å². The van der Waals surface area contributed by atoms with Crippen LogP contribution >= 0.6 is 0 Å². The van der Waals surface area contributed by atoms with Crippen molar-refractivity contribution in [2.24, 2.45) is 5.73 Å². The second kappa shape index (κ2) is 6.23. The molecule has 0 aliphatic rings. The Kier molecular flexibility index (Phi) is 5.67. The molecule has 1 atom stereocenters. The molecule has 1 unspecified atom stereocenters. The van der Waals surface area contributed by atoms with Crippen molar-refractivity contribution in [3.8, 4) is 6.07 Å². The van der Waals surface area contributed by atoms with Crippen LogP contribution in [0.4, 0.5) is 0 Å². The van der Waals surface area contributed by atoms with Crippen LogP contribution in [0.15, 0.2) is 29.2 Å². The van der Waals surface area contributed by atoms with Gasteiger partial charge in [0, 0.05) is 0 Å². The first kappa shape index (κ1) is 14.6. The van der Waals surface area contributed by atoms with Gasteiger partial charge < -0.3 is 5.73 Å². The maximum absolute atomic E-state index is 10.5. The Morgan fingerprint density at radius 3 is 2.00 bits per heavy atom. The van der Waals surface area contributed by atoms with Crippen LogP contribution in [0.1, 0.15) is 12.5 Å². The summed E-state index contributed by atoms with van der Waals surface area (Å²) in [4.78, 5) is -0.0666. The van der Waals surface area contributed by atoms with E-state index in [0.29, 0.717) is 0 Å². The number of rotatable bonds is 1. The maximum Gasteiger partial charge on any atom is 0.294 e. The summed E-state index contributed by atoms with van der Waals surface area (Å²) >= 11 is 0. The van der Waals surface area contributed by atoms with Crippen molar-refractivity contribution < 1.29 is 13.0 Å². The molecule has 88 valence electrons. The number of hydrogen-bond acceptors (Lipinski definition) is 4. The summed E-state index contributed by atoms with van der Waals surface area (Å²) in [6, 6.07) is 7.48. The van der Waals surface area contributed by atoms with E-state index < -0.39 is 10.1 Å². The Bertz CT molecular complexity index is 458. The van der Waals surface area contributed by atoms with Crippen LogP contribution in [0.2, 0.25) is 0 Å². The van der Waals surface area contributed by atoms with Gasteiger partial charge in [-0.15, -0.1) is 0 Å². The predicted molar refractivity (Wildman–Crippen MR) is 60.3 cm³/mol. The van der Waals surface area contributed by atoms with E-state index in [0.717, 1.165) is 5.56 Å². The van der Waals surface area contributed by atoms with Crippen LogP contribution < -0.4 is 5.73 Å². The smallest absolute Gasteiger partial charge is 0.294 e. The van der Waals surface area contributed by atoms with E-state index >= 15 is 0 Å². The summed E-state index contributed by atoms with van der Waals surface area (Å²) in [5.41, 5.74) is 5.89. The molecule has 1 aromatic carbocycles. The first-order valence-corrected chi connectivity index (χ1v) is 5.90. The van der Waals surface area contributed by atoms with Crippen LogP contribution in [-0.2, 0) is 10.1 Å². The van der Waals surface area contributed by atoms with Gasteiger partial charge in [0.2, 0.25) is 0 Å². The second-order valence-corrected chi connectivity index (χ2v) is 4.63. The van der Waals surface area contributed by atoms with Crippen LogP contribution in [0.25, 0.3) is 0 Å². The summed E-state index contributed by atoms with van der Waals surface area (Å²) in [6.07, 6.45) is 0. The van der Waals surface area contributed by atoms with E-state index in [9.17, 15) is 8.42 Å². The molecular weight excluding hydrogens is 228 g/mol. The minimum atomic E-state index is -4.02. The minimum Gasteiger partial charge on any atom is -0.316 e. The Morgan fingerprint density at radius 2 is 1.75 bits per heavy atom. The minimum absolute atomic E-state index is 0.0666. The molecule has 0 aromatic heterocycles. The van der Waals surface area contributed by atoms with Crippen LogP contribution in [-0.4, -0.2) is 19.0 Å². The van der Waals surface area contributed by atoms with Crippen molar-refractivity contribution in [3.05, 3.63) is 29.8 Å². The lowest BCUT2D eigenvalue weighted by atomic mass is 10.2. The average molecular weight is 242 g/mol. The summed E-state index contributed by atoms with van der Waals surface area (Å²) in [7, 11) is -4.02. The fraction of sp³-hybridized carbons (Fsp3) is 0.300. The highest BCUT2D eigenvalue weighted by Gasteiger charge is 2.06. The van der Waals surface area contributed by atoms with Gasteiger partial charge in [-0.25, -0.2) is 0 Å². The molecule has 0 radical (unpaired) electrons. The summed E-state index contributed by atoms with van der Waals surface area (Å²) in [5, 5.41) is 7.77. The molecule has 1 rings (SSSR count). The van der Waals surface area contributed by atoms with Crippen molar-refractivity contribution >= 4 is 10.1 Å². The SMILES string of the molecule is CC(N)C#N.Cc1ccc(S(=O)(=O)O)cc1. The normalized spacial score (nSPS) is 11.9. The van der Waals surface area contributed by atoms with E-state index in [2.05, 4.69) is 0 Å². The molecule has 0 aliphatic carbocycles. The van der Waals surface area contributed by atoms with Crippen LogP contribution in [0.5, 0.6) is 0 Å². The molecule has 6 heteroatoms. The maximum atomic E-state index is 10.5. The van der Waals surface area contributed by atoms with E-state index in [1.165, 1.54) is 12.1 Å². The number of benzene rings is 1. The van der Waals surface area contributed by atoms with E-state index in [1.807, 2.05) is 6.92 Å². The van der Waals surface area contributed by atoms with Crippen molar-refractivity contribution in [1.82, 2.24) is 0 Å². The zero-order chi connectivity index (χ0) is 12.8. The van der Waals surface area contributed by atoms with Gasteiger partial charge in [-0.3, -0.25) is 4.55 Å². The van der Waals surface area contributed by atoms with E-state index in [4.69, 9.17) is 15.5 Å². The van der Waals surface area contributed by atoms with E-state index in [1.54, 1.807) is 25.1 Å². The third kappa shape index (κ3) is 6.14. The van der Waals surface area contributed by atoms with Crippen molar-refractivity contribution in [2.45, 2.75) is 24.8 Å². The standard InChI is InChI=1S/C7H8O3S.C3H6N2/c1-6-2-4-7(5-3-6)11(8,9)10;1-3(5)2-4/h2-5H,1H3,(H,8,9,10);3H,5H2,1H3. The Morgan fingerprint density at radius 1 is 1.38 bits per heavy atom. The first-order chi connectivity index (χ1) is 7.27. The lowest BCUT2D eigenvalue weighted by Gasteiger charge is -1.95. The van der Waals surface area contributed by atoms with Gasteiger partial charge in [0.25, 0.3) is 10.1 Å².